The van der Waals surface area contributed by atoms with Crippen LogP contribution in [0.5, 0.6) is 0 Å². The number of likely N-dealkylation sites (tertiary alicyclic amines) is 1. The van der Waals surface area contributed by atoms with E-state index in [4.69, 9.17) is 9.84 Å². The fraction of sp³-hybridized carbons (Fsp3) is 0.579. The number of carboxylic acid groups (broad SMARTS) is 1. The summed E-state index contributed by atoms with van der Waals surface area (Å²) >= 11 is 0. The Kier molecular flexibility index (Phi) is 4.78. The fourth-order valence-corrected chi connectivity index (χ4v) is 3.97. The van der Waals surface area contributed by atoms with Crippen molar-refractivity contribution in [1.82, 2.24) is 4.90 Å². The molecular weight excluding hydrogens is 306 g/mol. The van der Waals surface area contributed by atoms with E-state index in [0.29, 0.717) is 19.5 Å². The number of aliphatic carboxylic acids is 1. The van der Waals surface area contributed by atoms with Crippen molar-refractivity contribution in [3.8, 4) is 0 Å². The van der Waals surface area contributed by atoms with Crippen molar-refractivity contribution in [1.29, 1.82) is 0 Å². The fourth-order valence-electron chi connectivity index (χ4n) is 3.97. The van der Waals surface area contributed by atoms with Crippen LogP contribution in [0.2, 0.25) is 0 Å². The van der Waals surface area contributed by atoms with Crippen molar-refractivity contribution < 1.29 is 19.4 Å². The first-order valence-corrected chi connectivity index (χ1v) is 8.70. The number of piperidine rings is 1. The summed E-state index contributed by atoms with van der Waals surface area (Å²) in [5.74, 6) is -0.869. The number of benzene rings is 1. The lowest BCUT2D eigenvalue weighted by atomic mass is 9.57. The number of ether oxygens (including phenoxy) is 1. The largest absolute Gasteiger partial charge is 0.481 e. The molecule has 2 fully saturated rings. The van der Waals surface area contributed by atoms with Crippen LogP contribution >= 0.6 is 0 Å². The predicted molar refractivity (Wildman–Crippen MR) is 89.7 cm³/mol. The van der Waals surface area contributed by atoms with E-state index >= 15 is 0 Å². The highest BCUT2D eigenvalue weighted by molar-refractivity contribution is 5.71. The molecule has 130 valence electrons. The molecule has 0 bridgehead atoms. The van der Waals surface area contributed by atoms with Gasteiger partial charge >= 0.3 is 12.1 Å². The van der Waals surface area contributed by atoms with E-state index in [1.807, 2.05) is 37.3 Å². The van der Waals surface area contributed by atoms with Crippen molar-refractivity contribution in [2.45, 2.75) is 45.1 Å². The first-order valence-electron chi connectivity index (χ1n) is 8.70. The monoisotopic (exact) mass is 331 g/mol. The van der Waals surface area contributed by atoms with Crippen molar-refractivity contribution in [2.75, 3.05) is 13.1 Å². The van der Waals surface area contributed by atoms with E-state index < -0.39 is 5.97 Å². The third kappa shape index (κ3) is 3.71. The van der Waals surface area contributed by atoms with Gasteiger partial charge in [0.2, 0.25) is 0 Å². The maximum Gasteiger partial charge on any atom is 0.410 e. The summed E-state index contributed by atoms with van der Waals surface area (Å²) in [4.78, 5) is 25.0. The van der Waals surface area contributed by atoms with Crippen molar-refractivity contribution in [3.05, 3.63) is 35.9 Å². The molecule has 1 unspecified atom stereocenters. The van der Waals surface area contributed by atoms with Gasteiger partial charge in [-0.2, -0.15) is 0 Å². The van der Waals surface area contributed by atoms with Gasteiger partial charge in [0.1, 0.15) is 6.10 Å². The number of carboxylic acids is 1. The molecule has 1 spiro atoms. The van der Waals surface area contributed by atoms with Crippen LogP contribution in [-0.4, -0.2) is 41.3 Å². The molecule has 1 aromatic carbocycles. The van der Waals surface area contributed by atoms with Gasteiger partial charge in [-0.3, -0.25) is 4.79 Å². The summed E-state index contributed by atoms with van der Waals surface area (Å²) in [7, 11) is 0. The second-order valence-corrected chi connectivity index (χ2v) is 7.31. The van der Waals surface area contributed by atoms with Gasteiger partial charge in [-0.1, -0.05) is 30.3 Å². The van der Waals surface area contributed by atoms with Crippen LogP contribution in [0.15, 0.2) is 30.3 Å². The van der Waals surface area contributed by atoms with Crippen LogP contribution < -0.4 is 0 Å². The van der Waals surface area contributed by atoms with Gasteiger partial charge in [0.25, 0.3) is 0 Å². The van der Waals surface area contributed by atoms with E-state index in [9.17, 15) is 9.59 Å². The maximum atomic E-state index is 12.3. The molecule has 1 amide bonds. The van der Waals surface area contributed by atoms with Gasteiger partial charge in [0.05, 0.1) is 5.92 Å². The van der Waals surface area contributed by atoms with Gasteiger partial charge in [0, 0.05) is 19.5 Å². The van der Waals surface area contributed by atoms with E-state index in [2.05, 4.69) is 0 Å². The molecule has 3 rings (SSSR count). The summed E-state index contributed by atoms with van der Waals surface area (Å²) < 4.78 is 5.57. The van der Waals surface area contributed by atoms with Crippen LogP contribution in [0.4, 0.5) is 4.79 Å². The molecule has 5 nitrogen and oxygen atoms in total. The Morgan fingerprint density at radius 1 is 1.25 bits per heavy atom. The SMILES string of the molecule is CC(Cc1ccccc1)OC(=O)N1CCC2(CC1)CC(C(=O)O)C2. The van der Waals surface area contributed by atoms with Crippen LogP contribution in [0.3, 0.4) is 0 Å². The average Bonchev–Trinajstić information content (AvgIpc) is 2.53. The number of hydrogen-bond donors (Lipinski definition) is 1. The minimum absolute atomic E-state index is 0.148. The summed E-state index contributed by atoms with van der Waals surface area (Å²) in [6, 6.07) is 10.0. The first kappa shape index (κ1) is 16.8. The molecule has 1 aliphatic heterocycles. The zero-order chi connectivity index (χ0) is 17.2. The summed E-state index contributed by atoms with van der Waals surface area (Å²) in [5.41, 5.74) is 1.31. The van der Waals surface area contributed by atoms with Crippen LogP contribution in [0.25, 0.3) is 0 Å². The molecular formula is C19H25NO4. The number of hydrogen-bond acceptors (Lipinski definition) is 3. The normalized spacial score (nSPS) is 21.1. The van der Waals surface area contributed by atoms with Crippen molar-refractivity contribution in [3.63, 3.8) is 0 Å². The molecule has 1 saturated heterocycles. The topological polar surface area (TPSA) is 66.8 Å². The van der Waals surface area contributed by atoms with Gasteiger partial charge in [-0.15, -0.1) is 0 Å². The highest BCUT2D eigenvalue weighted by Crippen LogP contribution is 2.52. The third-order valence-corrected chi connectivity index (χ3v) is 5.46. The Labute approximate surface area is 142 Å². The summed E-state index contributed by atoms with van der Waals surface area (Å²) in [6.45, 7) is 3.26. The minimum atomic E-state index is -0.683. The van der Waals surface area contributed by atoms with Crippen molar-refractivity contribution >= 4 is 12.1 Å². The molecule has 2 aliphatic rings. The number of carbonyl (C=O) groups is 2. The molecule has 1 atom stereocenters. The number of rotatable bonds is 4. The summed E-state index contributed by atoms with van der Waals surface area (Å²) in [5, 5.41) is 9.02. The first-order chi connectivity index (χ1) is 11.5. The second-order valence-electron chi connectivity index (χ2n) is 7.31. The molecule has 1 saturated carbocycles. The van der Waals surface area contributed by atoms with Gasteiger partial charge in [-0.25, -0.2) is 4.79 Å². The predicted octanol–water partition coefficient (Wildman–Crippen LogP) is 3.33. The second kappa shape index (κ2) is 6.83. The Balaban J connectivity index is 1.43. The van der Waals surface area contributed by atoms with E-state index in [1.54, 1.807) is 4.90 Å². The minimum Gasteiger partial charge on any atom is -0.481 e. The van der Waals surface area contributed by atoms with Gasteiger partial charge < -0.3 is 14.7 Å². The lowest BCUT2D eigenvalue weighted by Crippen LogP contribution is -2.50. The van der Waals surface area contributed by atoms with E-state index in [1.165, 1.54) is 0 Å². The quantitative estimate of drug-likeness (QED) is 0.919. The molecule has 24 heavy (non-hydrogen) atoms. The number of nitrogens with zero attached hydrogens (tertiary/aromatic N) is 1. The standard InChI is InChI=1S/C19H25NO4/c1-14(11-15-5-3-2-4-6-15)24-18(23)20-9-7-19(8-10-20)12-16(13-19)17(21)22/h2-6,14,16H,7-13H2,1H3,(H,21,22). The van der Waals surface area contributed by atoms with Gasteiger partial charge in [-0.05, 0) is 43.6 Å². The van der Waals surface area contributed by atoms with Crippen LogP contribution in [0, 0.1) is 11.3 Å². The summed E-state index contributed by atoms with van der Waals surface area (Å²) in [6.07, 6.45) is 3.60. The average molecular weight is 331 g/mol. The highest BCUT2D eigenvalue weighted by Gasteiger charge is 2.49. The van der Waals surface area contributed by atoms with Crippen LogP contribution in [0.1, 0.15) is 38.2 Å². The Hall–Kier alpha value is -2.04. The van der Waals surface area contributed by atoms with Crippen molar-refractivity contribution in [2.24, 2.45) is 11.3 Å². The molecule has 0 aromatic heterocycles. The molecule has 1 aliphatic carbocycles. The maximum absolute atomic E-state index is 12.3. The molecule has 0 radical (unpaired) electrons. The highest BCUT2D eigenvalue weighted by atomic mass is 16.6. The Morgan fingerprint density at radius 3 is 2.46 bits per heavy atom. The molecule has 5 heteroatoms. The zero-order valence-electron chi connectivity index (χ0n) is 14.1. The number of carbonyl (C=O) groups excluding carboxylic acids is 1. The Bertz CT molecular complexity index is 585. The molecule has 1 aromatic rings. The third-order valence-electron chi connectivity index (χ3n) is 5.46. The lowest BCUT2D eigenvalue weighted by molar-refractivity contribution is -0.152. The van der Waals surface area contributed by atoms with E-state index in [-0.39, 0.29) is 23.5 Å². The van der Waals surface area contributed by atoms with Crippen LogP contribution in [-0.2, 0) is 16.0 Å². The lowest BCUT2D eigenvalue weighted by Gasteiger charge is -2.50. The van der Waals surface area contributed by atoms with E-state index in [0.717, 1.165) is 31.2 Å². The number of amides is 1. The molecule has 1 heterocycles. The van der Waals surface area contributed by atoms with Gasteiger partial charge in [0.15, 0.2) is 0 Å². The molecule has 1 N–H and O–H groups in total. The zero-order valence-corrected chi connectivity index (χ0v) is 14.1. The smallest absolute Gasteiger partial charge is 0.410 e. The Morgan fingerprint density at radius 2 is 1.88 bits per heavy atom.